The lowest BCUT2D eigenvalue weighted by atomic mass is 10.1. The molecule has 6 nitrogen and oxygen atoms in total. The zero-order valence-electron chi connectivity index (χ0n) is 15.4. The number of carbonyl (C=O) groups excluding carboxylic acids is 1. The molecule has 1 aliphatic heterocycles. The second-order valence-corrected chi connectivity index (χ2v) is 7.76. The maximum absolute atomic E-state index is 12.0. The summed E-state index contributed by atoms with van der Waals surface area (Å²) in [6.45, 7) is 5.48. The molecule has 2 aromatic rings. The van der Waals surface area contributed by atoms with Gasteiger partial charge in [-0.15, -0.1) is 10.2 Å². The van der Waals surface area contributed by atoms with Crippen LogP contribution in [0, 0.1) is 0 Å². The fraction of sp³-hybridized carbons (Fsp3) is 0.526. The molecule has 0 radical (unpaired) electrons. The molecule has 1 N–H and O–H groups in total. The topological polar surface area (TPSA) is 69.0 Å². The molecule has 1 aromatic carbocycles. The number of benzene rings is 1. The van der Waals surface area contributed by atoms with Crippen molar-refractivity contribution < 1.29 is 9.53 Å². The summed E-state index contributed by atoms with van der Waals surface area (Å²) in [5.74, 6) is 1.27. The number of hydrogen-bond donors (Lipinski definition) is 1. The molecule has 26 heavy (non-hydrogen) atoms. The molecule has 1 fully saturated rings. The Morgan fingerprint density at radius 2 is 2.15 bits per heavy atom. The normalized spacial score (nSPS) is 17.0. The van der Waals surface area contributed by atoms with Crippen LogP contribution in [0.1, 0.15) is 38.1 Å². The van der Waals surface area contributed by atoms with Crippen molar-refractivity contribution in [2.24, 2.45) is 0 Å². The molecule has 2 heterocycles. The van der Waals surface area contributed by atoms with E-state index >= 15 is 0 Å². The van der Waals surface area contributed by atoms with Crippen LogP contribution in [0.5, 0.6) is 0 Å². The predicted molar refractivity (Wildman–Crippen MR) is 102 cm³/mol. The summed E-state index contributed by atoms with van der Waals surface area (Å²) in [5, 5.41) is 12.4. The average Bonchev–Trinajstić information content (AvgIpc) is 3.25. The van der Waals surface area contributed by atoms with Gasteiger partial charge in [0.05, 0.1) is 18.4 Å². The summed E-state index contributed by atoms with van der Waals surface area (Å²) in [6, 6.07) is 10.4. The van der Waals surface area contributed by atoms with E-state index in [1.807, 2.05) is 32.0 Å². The van der Waals surface area contributed by atoms with Crippen LogP contribution in [-0.4, -0.2) is 45.2 Å². The van der Waals surface area contributed by atoms with Gasteiger partial charge in [0, 0.05) is 19.1 Å². The van der Waals surface area contributed by atoms with Gasteiger partial charge in [-0.1, -0.05) is 42.1 Å². The summed E-state index contributed by atoms with van der Waals surface area (Å²) in [5.41, 5.74) is 1.20. The zero-order valence-corrected chi connectivity index (χ0v) is 16.2. The average molecular weight is 375 g/mol. The standard InChI is InChI=1S/C19H26N4O2S/c1-14(2)20-18(24)13-26-19-22-21-17(11-15-7-4-3-5-8-15)23(19)12-16-9-6-10-25-16/h3-5,7-8,14,16H,6,9-13H2,1-2H3,(H,20,24). The van der Waals surface area contributed by atoms with Gasteiger partial charge < -0.3 is 14.6 Å². The minimum atomic E-state index is 0.0151. The Hall–Kier alpha value is -1.86. The number of nitrogens with zero attached hydrogens (tertiary/aromatic N) is 3. The second-order valence-electron chi connectivity index (χ2n) is 6.82. The van der Waals surface area contributed by atoms with Crippen molar-refractivity contribution in [2.75, 3.05) is 12.4 Å². The molecule has 3 rings (SSSR count). The molecule has 7 heteroatoms. The SMILES string of the molecule is CC(C)NC(=O)CSc1nnc(Cc2ccccc2)n1CC1CCCO1. The monoisotopic (exact) mass is 374 g/mol. The Labute approximate surface area is 158 Å². The number of carbonyl (C=O) groups is 1. The Morgan fingerprint density at radius 1 is 1.35 bits per heavy atom. The van der Waals surface area contributed by atoms with Crippen molar-refractivity contribution in [3.8, 4) is 0 Å². The molecule has 1 atom stereocenters. The number of nitrogens with one attached hydrogen (secondary N) is 1. The van der Waals surface area contributed by atoms with E-state index in [-0.39, 0.29) is 18.1 Å². The highest BCUT2D eigenvalue weighted by atomic mass is 32.2. The van der Waals surface area contributed by atoms with Gasteiger partial charge in [0.2, 0.25) is 5.91 Å². The van der Waals surface area contributed by atoms with Gasteiger partial charge in [-0.2, -0.15) is 0 Å². The van der Waals surface area contributed by atoms with Crippen LogP contribution < -0.4 is 5.32 Å². The van der Waals surface area contributed by atoms with Gasteiger partial charge >= 0.3 is 0 Å². The van der Waals surface area contributed by atoms with Crippen LogP contribution in [0.2, 0.25) is 0 Å². The van der Waals surface area contributed by atoms with E-state index < -0.39 is 0 Å². The third-order valence-electron chi connectivity index (χ3n) is 4.19. The minimum absolute atomic E-state index is 0.0151. The third-order valence-corrected chi connectivity index (χ3v) is 5.16. The lowest BCUT2D eigenvalue weighted by Crippen LogP contribution is -2.31. The first-order valence-electron chi connectivity index (χ1n) is 9.11. The Kier molecular flexibility index (Phi) is 6.68. The first kappa shape index (κ1) is 18.9. The largest absolute Gasteiger partial charge is 0.376 e. The number of rotatable bonds is 8. The van der Waals surface area contributed by atoms with E-state index in [1.54, 1.807) is 0 Å². The molecule has 1 saturated heterocycles. The van der Waals surface area contributed by atoms with Gasteiger partial charge in [0.15, 0.2) is 5.16 Å². The Bertz CT molecular complexity index is 712. The van der Waals surface area contributed by atoms with E-state index in [1.165, 1.54) is 17.3 Å². The molecule has 0 saturated carbocycles. The summed E-state index contributed by atoms with van der Waals surface area (Å²) >= 11 is 1.43. The van der Waals surface area contributed by atoms with Crippen molar-refractivity contribution in [2.45, 2.75) is 57.0 Å². The van der Waals surface area contributed by atoms with Crippen LogP contribution >= 0.6 is 11.8 Å². The van der Waals surface area contributed by atoms with Gasteiger partial charge in [-0.05, 0) is 32.3 Å². The molecule has 1 unspecified atom stereocenters. The van der Waals surface area contributed by atoms with Gasteiger partial charge in [0.25, 0.3) is 0 Å². The third kappa shape index (κ3) is 5.32. The smallest absolute Gasteiger partial charge is 0.230 e. The zero-order chi connectivity index (χ0) is 18.4. The summed E-state index contributed by atoms with van der Waals surface area (Å²) in [7, 11) is 0. The highest BCUT2D eigenvalue weighted by Gasteiger charge is 2.21. The molecule has 0 aliphatic carbocycles. The summed E-state index contributed by atoms with van der Waals surface area (Å²) in [4.78, 5) is 12.0. The Balaban J connectivity index is 1.73. The van der Waals surface area contributed by atoms with Crippen LogP contribution in [0.15, 0.2) is 35.5 Å². The maximum Gasteiger partial charge on any atom is 0.230 e. The van der Waals surface area contributed by atoms with Crippen LogP contribution in [0.4, 0.5) is 0 Å². The first-order valence-corrected chi connectivity index (χ1v) is 10.1. The fourth-order valence-electron chi connectivity index (χ4n) is 3.00. The van der Waals surface area contributed by atoms with E-state index in [4.69, 9.17) is 4.74 Å². The van der Waals surface area contributed by atoms with Crippen molar-refractivity contribution in [3.63, 3.8) is 0 Å². The number of ether oxygens (including phenoxy) is 1. The van der Waals surface area contributed by atoms with Gasteiger partial charge in [-0.3, -0.25) is 4.79 Å². The van der Waals surface area contributed by atoms with E-state index in [0.717, 1.165) is 43.4 Å². The number of amides is 1. The molecule has 0 spiro atoms. The lowest BCUT2D eigenvalue weighted by Gasteiger charge is -2.15. The lowest BCUT2D eigenvalue weighted by molar-refractivity contribution is -0.119. The quantitative estimate of drug-likeness (QED) is 0.720. The molecule has 1 aliphatic rings. The molecule has 1 amide bonds. The van der Waals surface area contributed by atoms with E-state index in [0.29, 0.717) is 5.75 Å². The fourth-order valence-corrected chi connectivity index (χ4v) is 3.78. The van der Waals surface area contributed by atoms with Crippen molar-refractivity contribution in [1.29, 1.82) is 0 Å². The van der Waals surface area contributed by atoms with Gasteiger partial charge in [-0.25, -0.2) is 0 Å². The molecule has 140 valence electrons. The van der Waals surface area contributed by atoms with Gasteiger partial charge in [0.1, 0.15) is 5.82 Å². The molecular weight excluding hydrogens is 348 g/mol. The summed E-state index contributed by atoms with van der Waals surface area (Å²) in [6.07, 6.45) is 3.07. The summed E-state index contributed by atoms with van der Waals surface area (Å²) < 4.78 is 7.92. The van der Waals surface area contributed by atoms with Crippen LogP contribution in [0.3, 0.4) is 0 Å². The number of aromatic nitrogens is 3. The van der Waals surface area contributed by atoms with Crippen LogP contribution in [-0.2, 0) is 22.5 Å². The number of thioether (sulfide) groups is 1. The first-order chi connectivity index (χ1) is 12.6. The van der Waals surface area contributed by atoms with Crippen molar-refractivity contribution >= 4 is 17.7 Å². The highest BCUT2D eigenvalue weighted by molar-refractivity contribution is 7.99. The predicted octanol–water partition coefficient (Wildman–Crippen LogP) is 2.66. The second kappa shape index (κ2) is 9.19. The minimum Gasteiger partial charge on any atom is -0.376 e. The maximum atomic E-state index is 12.0. The van der Waals surface area contributed by atoms with Crippen molar-refractivity contribution in [3.05, 3.63) is 41.7 Å². The molecule has 1 aromatic heterocycles. The van der Waals surface area contributed by atoms with Crippen LogP contribution in [0.25, 0.3) is 0 Å². The number of hydrogen-bond acceptors (Lipinski definition) is 5. The Morgan fingerprint density at radius 3 is 2.85 bits per heavy atom. The molecule has 0 bridgehead atoms. The highest BCUT2D eigenvalue weighted by Crippen LogP contribution is 2.22. The van der Waals surface area contributed by atoms with E-state index in [9.17, 15) is 4.79 Å². The molecular formula is C19H26N4O2S. The van der Waals surface area contributed by atoms with E-state index in [2.05, 4.69) is 32.2 Å². The van der Waals surface area contributed by atoms with Crippen molar-refractivity contribution in [1.82, 2.24) is 20.1 Å².